The van der Waals surface area contributed by atoms with Crippen LogP contribution in [-0.4, -0.2) is 28.8 Å². The third-order valence-corrected chi connectivity index (χ3v) is 4.32. The summed E-state index contributed by atoms with van der Waals surface area (Å²) in [5.41, 5.74) is 3.56. The van der Waals surface area contributed by atoms with Gasteiger partial charge in [0.2, 0.25) is 0 Å². The van der Waals surface area contributed by atoms with Crippen molar-refractivity contribution in [2.45, 2.75) is 19.6 Å². The first-order valence-electron chi connectivity index (χ1n) is 9.02. The molecule has 0 aliphatic carbocycles. The Morgan fingerprint density at radius 1 is 0.964 bits per heavy atom. The highest BCUT2D eigenvalue weighted by atomic mass is 16.2. The molecule has 3 aromatic rings. The quantitative estimate of drug-likeness (QED) is 0.590. The highest BCUT2D eigenvalue weighted by Gasteiger charge is 2.07. The Hall–Kier alpha value is -3.61. The molecule has 7 heteroatoms. The van der Waals surface area contributed by atoms with Crippen molar-refractivity contribution in [3.05, 3.63) is 89.2 Å². The summed E-state index contributed by atoms with van der Waals surface area (Å²) < 4.78 is 1.85. The summed E-state index contributed by atoms with van der Waals surface area (Å²) in [7, 11) is 1.59. The van der Waals surface area contributed by atoms with Gasteiger partial charge in [0.1, 0.15) is 0 Å². The highest BCUT2D eigenvalue weighted by Crippen LogP contribution is 2.10. The fourth-order valence-electron chi connectivity index (χ4n) is 2.84. The Balaban J connectivity index is 1.53. The molecule has 3 rings (SSSR count). The average molecular weight is 377 g/mol. The van der Waals surface area contributed by atoms with Crippen LogP contribution < -0.4 is 16.0 Å². The molecular formula is C21H23N5O2. The normalized spacial score (nSPS) is 10.3. The highest BCUT2D eigenvalue weighted by molar-refractivity contribution is 5.94. The molecular weight excluding hydrogens is 354 g/mol. The largest absolute Gasteiger partial charge is 0.355 e. The zero-order chi connectivity index (χ0) is 19.8. The molecule has 7 nitrogen and oxygen atoms in total. The van der Waals surface area contributed by atoms with E-state index in [1.165, 1.54) is 0 Å². The molecule has 0 aliphatic heterocycles. The fourth-order valence-corrected chi connectivity index (χ4v) is 2.84. The van der Waals surface area contributed by atoms with Gasteiger partial charge in [0.05, 0.1) is 6.54 Å². The van der Waals surface area contributed by atoms with Crippen molar-refractivity contribution < 1.29 is 9.59 Å². The predicted octanol–water partition coefficient (Wildman–Crippen LogP) is 2.29. The number of hydrogen-bond donors (Lipinski definition) is 3. The summed E-state index contributed by atoms with van der Waals surface area (Å²) in [6, 6.07) is 16.7. The van der Waals surface area contributed by atoms with E-state index in [0.29, 0.717) is 25.2 Å². The lowest BCUT2D eigenvalue weighted by Gasteiger charge is -2.12. The summed E-state index contributed by atoms with van der Waals surface area (Å²) >= 11 is 0. The molecule has 1 heterocycles. The molecule has 1 aromatic heterocycles. The van der Waals surface area contributed by atoms with Crippen LogP contribution in [0.15, 0.2) is 67.0 Å². The van der Waals surface area contributed by atoms with Gasteiger partial charge in [-0.1, -0.05) is 36.4 Å². The number of benzene rings is 2. The second-order valence-corrected chi connectivity index (χ2v) is 6.29. The van der Waals surface area contributed by atoms with Crippen molar-refractivity contribution >= 4 is 11.9 Å². The van der Waals surface area contributed by atoms with Crippen LogP contribution in [0.3, 0.4) is 0 Å². The van der Waals surface area contributed by atoms with Gasteiger partial charge in [-0.15, -0.1) is 0 Å². The van der Waals surface area contributed by atoms with Crippen molar-refractivity contribution in [3.8, 4) is 0 Å². The number of nitrogens with one attached hydrogen (secondary N) is 3. The van der Waals surface area contributed by atoms with Crippen LogP contribution in [0.2, 0.25) is 0 Å². The van der Waals surface area contributed by atoms with Crippen LogP contribution in [0, 0.1) is 0 Å². The summed E-state index contributed by atoms with van der Waals surface area (Å²) in [6.45, 7) is 1.41. The van der Waals surface area contributed by atoms with Crippen molar-refractivity contribution in [2.24, 2.45) is 0 Å². The van der Waals surface area contributed by atoms with Crippen molar-refractivity contribution in [3.63, 3.8) is 0 Å². The average Bonchev–Trinajstić information content (AvgIpc) is 3.24. The Kier molecular flexibility index (Phi) is 6.41. The second kappa shape index (κ2) is 9.36. The maximum absolute atomic E-state index is 12.2. The molecule has 0 spiro atoms. The monoisotopic (exact) mass is 377 g/mol. The summed E-state index contributed by atoms with van der Waals surface area (Å²) in [5, 5.41) is 12.5. The summed E-state index contributed by atoms with van der Waals surface area (Å²) in [5.74, 6) is -0.153. The van der Waals surface area contributed by atoms with Crippen LogP contribution in [-0.2, 0) is 19.6 Å². The van der Waals surface area contributed by atoms with Gasteiger partial charge in [0.15, 0.2) is 0 Å². The van der Waals surface area contributed by atoms with Crippen LogP contribution in [0.1, 0.15) is 27.0 Å². The molecule has 0 saturated heterocycles. The fraction of sp³-hybridized carbons (Fsp3) is 0.190. The van der Waals surface area contributed by atoms with E-state index >= 15 is 0 Å². The zero-order valence-corrected chi connectivity index (χ0v) is 15.7. The first kappa shape index (κ1) is 19.2. The molecule has 144 valence electrons. The molecule has 0 bridgehead atoms. The molecule has 0 saturated carbocycles. The number of amides is 3. The van der Waals surface area contributed by atoms with E-state index in [4.69, 9.17) is 0 Å². The second-order valence-electron chi connectivity index (χ2n) is 6.29. The number of aromatic nitrogens is 2. The van der Waals surface area contributed by atoms with Gasteiger partial charge in [0, 0.05) is 38.1 Å². The Labute approximate surface area is 163 Å². The number of carbonyl (C=O) groups is 2. The topological polar surface area (TPSA) is 88.0 Å². The molecule has 3 amide bonds. The van der Waals surface area contributed by atoms with Gasteiger partial charge < -0.3 is 16.0 Å². The maximum atomic E-state index is 12.2. The van der Waals surface area contributed by atoms with Gasteiger partial charge in [-0.3, -0.25) is 9.48 Å². The smallest absolute Gasteiger partial charge is 0.315 e. The first-order valence-corrected chi connectivity index (χ1v) is 9.02. The van der Waals surface area contributed by atoms with Crippen LogP contribution >= 0.6 is 0 Å². The molecule has 3 N–H and O–H groups in total. The van der Waals surface area contributed by atoms with E-state index in [1.54, 1.807) is 31.4 Å². The van der Waals surface area contributed by atoms with Gasteiger partial charge in [-0.05, 0) is 34.9 Å². The third-order valence-electron chi connectivity index (χ3n) is 4.32. The van der Waals surface area contributed by atoms with Gasteiger partial charge in [-0.25, -0.2) is 4.79 Å². The SMILES string of the molecule is CNC(=O)c1cccc(CNC(=O)NCc2ccccc2Cn2cccn2)c1. The number of hydrogen-bond acceptors (Lipinski definition) is 3. The number of rotatable bonds is 7. The number of urea groups is 1. The third kappa shape index (κ3) is 5.20. The molecule has 2 aromatic carbocycles. The van der Waals surface area contributed by atoms with E-state index in [2.05, 4.69) is 21.0 Å². The zero-order valence-electron chi connectivity index (χ0n) is 15.7. The lowest BCUT2D eigenvalue weighted by molar-refractivity contribution is 0.0963. The van der Waals surface area contributed by atoms with Crippen molar-refractivity contribution in [1.29, 1.82) is 0 Å². The van der Waals surface area contributed by atoms with Crippen molar-refractivity contribution in [2.75, 3.05) is 7.05 Å². The lowest BCUT2D eigenvalue weighted by Crippen LogP contribution is -2.34. The number of nitrogens with zero attached hydrogens (tertiary/aromatic N) is 2. The van der Waals surface area contributed by atoms with Crippen LogP contribution in [0.25, 0.3) is 0 Å². The Bertz CT molecular complexity index is 937. The molecule has 0 unspecified atom stereocenters. The van der Waals surface area contributed by atoms with Crippen LogP contribution in [0.4, 0.5) is 4.79 Å². The standard InChI is InChI=1S/C21H23N5O2/c1-22-20(27)17-9-4-6-16(12-17)13-23-21(28)24-14-18-7-2-3-8-19(18)15-26-11-5-10-25-26/h2-12H,13-15H2,1H3,(H,22,27)(H2,23,24,28). The van der Waals surface area contributed by atoms with Gasteiger partial charge in [0.25, 0.3) is 5.91 Å². The van der Waals surface area contributed by atoms with Crippen molar-refractivity contribution in [1.82, 2.24) is 25.7 Å². The Morgan fingerprint density at radius 3 is 2.50 bits per heavy atom. The maximum Gasteiger partial charge on any atom is 0.315 e. The molecule has 28 heavy (non-hydrogen) atoms. The Morgan fingerprint density at radius 2 is 1.75 bits per heavy atom. The summed E-state index contributed by atoms with van der Waals surface area (Å²) in [4.78, 5) is 23.9. The van der Waals surface area contributed by atoms with E-state index in [9.17, 15) is 9.59 Å². The minimum atomic E-state index is -0.265. The first-order chi connectivity index (χ1) is 13.7. The van der Waals surface area contributed by atoms with E-state index in [-0.39, 0.29) is 11.9 Å². The minimum absolute atomic E-state index is 0.153. The minimum Gasteiger partial charge on any atom is -0.355 e. The summed E-state index contributed by atoms with van der Waals surface area (Å²) in [6.07, 6.45) is 3.65. The lowest BCUT2D eigenvalue weighted by atomic mass is 10.1. The predicted molar refractivity (Wildman–Crippen MR) is 107 cm³/mol. The molecule has 0 aliphatic rings. The van der Waals surface area contributed by atoms with Gasteiger partial charge >= 0.3 is 6.03 Å². The molecule has 0 radical (unpaired) electrons. The number of carbonyl (C=O) groups excluding carboxylic acids is 2. The van der Waals surface area contributed by atoms with Gasteiger partial charge in [-0.2, -0.15) is 5.10 Å². The van der Waals surface area contributed by atoms with E-state index in [0.717, 1.165) is 16.7 Å². The van der Waals surface area contributed by atoms with E-state index in [1.807, 2.05) is 47.3 Å². The van der Waals surface area contributed by atoms with E-state index < -0.39 is 0 Å². The molecule has 0 atom stereocenters. The molecule has 0 fully saturated rings. The van der Waals surface area contributed by atoms with Crippen LogP contribution in [0.5, 0.6) is 0 Å².